The van der Waals surface area contributed by atoms with E-state index in [0.717, 1.165) is 45.7 Å². The highest BCUT2D eigenvalue weighted by atomic mass is 32.2. The Morgan fingerprint density at radius 1 is 1.00 bits per heavy atom. The first-order valence-corrected chi connectivity index (χ1v) is 16.1. The summed E-state index contributed by atoms with van der Waals surface area (Å²) in [6, 6.07) is 6.52. The minimum Gasteiger partial charge on any atom is -0.480 e. The monoisotopic (exact) mass is 736 g/mol. The lowest BCUT2D eigenvalue weighted by atomic mass is 10.1. The van der Waals surface area contributed by atoms with Crippen LogP contribution in [0.5, 0.6) is 0 Å². The molecule has 2 heterocycles. The Morgan fingerprint density at radius 2 is 1.67 bits per heavy atom. The molecule has 1 fully saturated rings. The van der Waals surface area contributed by atoms with Gasteiger partial charge in [0.2, 0.25) is 5.91 Å². The average molecular weight is 737 g/mol. The van der Waals surface area contributed by atoms with Crippen molar-refractivity contribution in [3.8, 4) is 5.82 Å². The zero-order chi connectivity index (χ0) is 37.5. The largest absolute Gasteiger partial charge is 0.480 e. The van der Waals surface area contributed by atoms with Gasteiger partial charge in [0.25, 0.3) is 21.5 Å². The number of hydrogen-bond donors (Lipinski definition) is 4. The molecule has 268 valence electrons. The smallest absolute Gasteiger partial charge is 0.403 e. The van der Waals surface area contributed by atoms with Crippen LogP contribution in [0.1, 0.15) is 28.8 Å². The number of carboxylic acid groups (broad SMARTS) is 1. The van der Waals surface area contributed by atoms with Crippen LogP contribution in [-0.4, -0.2) is 57.6 Å². The number of nitrogens with zero attached hydrogens (tertiary/aromatic N) is 3. The maximum atomic E-state index is 15.0. The normalized spacial score (nSPS) is 14.3. The molecule has 0 bridgehead atoms. The van der Waals surface area contributed by atoms with Crippen LogP contribution in [0.3, 0.4) is 0 Å². The summed E-state index contributed by atoms with van der Waals surface area (Å²) in [7, 11) is -3.22. The number of amides is 2. The van der Waals surface area contributed by atoms with Crippen LogP contribution in [0.15, 0.2) is 81.5 Å². The molecule has 2 aromatic carbocycles. The third-order valence-corrected chi connectivity index (χ3v) is 9.31. The van der Waals surface area contributed by atoms with Gasteiger partial charge < -0.3 is 20.3 Å². The van der Waals surface area contributed by atoms with Crippen LogP contribution in [0, 0.1) is 17.0 Å². The minimum absolute atomic E-state index is 0.0640. The van der Waals surface area contributed by atoms with Crippen LogP contribution < -0.4 is 26.6 Å². The fraction of sp³-hybridized carbons (Fsp3) is 0.226. The first kappa shape index (κ1) is 36.4. The highest BCUT2D eigenvalue weighted by molar-refractivity contribution is 7.92. The second-order valence-electron chi connectivity index (χ2n) is 11.5. The van der Waals surface area contributed by atoms with Gasteiger partial charge in [-0.3, -0.25) is 19.1 Å². The van der Waals surface area contributed by atoms with E-state index in [0.29, 0.717) is 12.1 Å². The number of alkyl halides is 3. The quantitative estimate of drug-likeness (QED) is 0.167. The molecule has 4 N–H and O–H groups in total. The van der Waals surface area contributed by atoms with Gasteiger partial charge in [0.1, 0.15) is 28.9 Å². The molecule has 0 aliphatic heterocycles. The highest BCUT2D eigenvalue weighted by Gasteiger charge is 2.68. The van der Waals surface area contributed by atoms with Crippen molar-refractivity contribution in [3.05, 3.63) is 111 Å². The van der Waals surface area contributed by atoms with Gasteiger partial charge in [-0.05, 0) is 54.8 Å². The van der Waals surface area contributed by atoms with Crippen LogP contribution in [0.2, 0.25) is 0 Å². The Hall–Kier alpha value is -5.92. The lowest BCUT2D eigenvalue weighted by Gasteiger charge is -2.18. The fourth-order valence-electron chi connectivity index (χ4n) is 4.85. The molecule has 2 aromatic heterocycles. The van der Waals surface area contributed by atoms with Crippen molar-refractivity contribution in [2.24, 2.45) is 12.5 Å². The summed E-state index contributed by atoms with van der Waals surface area (Å²) in [4.78, 5) is 64.8. The van der Waals surface area contributed by atoms with E-state index < -0.39 is 90.9 Å². The molecule has 20 heteroatoms. The summed E-state index contributed by atoms with van der Waals surface area (Å²) >= 11 is 0. The van der Waals surface area contributed by atoms with Crippen molar-refractivity contribution in [1.82, 2.24) is 19.4 Å². The molecule has 51 heavy (non-hydrogen) atoms. The summed E-state index contributed by atoms with van der Waals surface area (Å²) < 4.78 is 98.9. The van der Waals surface area contributed by atoms with E-state index in [4.69, 9.17) is 0 Å². The van der Waals surface area contributed by atoms with Crippen molar-refractivity contribution in [2.75, 3.05) is 10.0 Å². The molecular formula is C31H25F5N6O8S. The summed E-state index contributed by atoms with van der Waals surface area (Å²) in [6.45, 7) is 0. The molecule has 5 rings (SSSR count). The molecule has 4 aromatic rings. The van der Waals surface area contributed by atoms with Gasteiger partial charge in [-0.1, -0.05) is 6.07 Å². The van der Waals surface area contributed by atoms with Crippen molar-refractivity contribution in [1.29, 1.82) is 0 Å². The van der Waals surface area contributed by atoms with Crippen molar-refractivity contribution < 1.29 is 49.9 Å². The number of benzene rings is 2. The number of carbonyl (C=O) groups is 3. The molecule has 14 nitrogen and oxygen atoms in total. The maximum absolute atomic E-state index is 15.0. The number of aromatic nitrogens is 3. The molecule has 0 unspecified atom stereocenters. The molecule has 1 aliphatic carbocycles. The van der Waals surface area contributed by atoms with E-state index in [9.17, 15) is 55.1 Å². The molecule has 1 saturated carbocycles. The van der Waals surface area contributed by atoms with Crippen LogP contribution in [-0.2, 0) is 33.1 Å². The molecule has 0 spiro atoms. The van der Waals surface area contributed by atoms with E-state index in [1.807, 2.05) is 5.32 Å². The average Bonchev–Trinajstić information content (AvgIpc) is 3.88. The van der Waals surface area contributed by atoms with Gasteiger partial charge in [0.15, 0.2) is 0 Å². The zero-order valence-electron chi connectivity index (χ0n) is 26.0. The van der Waals surface area contributed by atoms with E-state index in [1.54, 1.807) is 4.72 Å². The molecular weight excluding hydrogens is 711 g/mol. The lowest BCUT2D eigenvalue weighted by molar-refractivity contribution is -0.189. The van der Waals surface area contributed by atoms with Gasteiger partial charge in [-0.15, -0.1) is 0 Å². The molecule has 0 radical (unpaired) electrons. The number of carbonyl (C=O) groups excluding carboxylic acids is 2. The third kappa shape index (κ3) is 7.49. The fourth-order valence-corrected chi connectivity index (χ4v) is 5.91. The Morgan fingerprint density at radius 3 is 2.24 bits per heavy atom. The number of sulfonamides is 1. The van der Waals surface area contributed by atoms with Gasteiger partial charge in [-0.2, -0.15) is 13.2 Å². The van der Waals surface area contributed by atoms with E-state index in [1.165, 1.54) is 25.4 Å². The summed E-state index contributed by atoms with van der Waals surface area (Å²) in [5.74, 6) is -7.16. The second kappa shape index (κ2) is 13.4. The number of hydrogen-bond acceptors (Lipinski definition) is 8. The van der Waals surface area contributed by atoms with Gasteiger partial charge in [0.05, 0.1) is 16.1 Å². The first-order valence-electron chi connectivity index (χ1n) is 14.6. The highest BCUT2D eigenvalue weighted by Crippen LogP contribution is 2.58. The summed E-state index contributed by atoms with van der Waals surface area (Å²) in [5.41, 5.74) is -5.71. The second-order valence-corrected chi connectivity index (χ2v) is 13.1. The third-order valence-electron chi connectivity index (χ3n) is 7.93. The number of aryl methyl sites for hydroxylation is 1. The number of carboxylic acids is 1. The number of nitrogens with one attached hydrogen (secondary N) is 3. The minimum atomic E-state index is -4.76. The van der Waals surface area contributed by atoms with Crippen molar-refractivity contribution >= 4 is 39.2 Å². The molecule has 0 saturated heterocycles. The molecule has 2 amide bonds. The van der Waals surface area contributed by atoms with Gasteiger partial charge in [0, 0.05) is 43.7 Å². The Balaban J connectivity index is 1.26. The zero-order valence-corrected chi connectivity index (χ0v) is 26.8. The van der Waals surface area contributed by atoms with Gasteiger partial charge in [-0.25, -0.2) is 36.3 Å². The van der Waals surface area contributed by atoms with Crippen molar-refractivity contribution in [2.45, 2.75) is 36.4 Å². The molecule has 1 aliphatic rings. The Kier molecular flexibility index (Phi) is 9.57. The van der Waals surface area contributed by atoms with E-state index in [2.05, 4.69) is 10.3 Å². The number of anilines is 2. The SMILES string of the molecule is Cn1ccc(=O)n(-c2ccc(C[C@H](NC(=O)c3cc(F)c(NS(=O)(=O)c4ccc(NC(=O)C5(C(F)(F)F)CC5)cc4)cc3F)C(=O)O)cn2)c1=O. The Bertz CT molecular complexity index is 2270. The predicted octanol–water partition coefficient (Wildman–Crippen LogP) is 2.72. The Labute approximate surface area is 283 Å². The number of pyridine rings is 1. The predicted molar refractivity (Wildman–Crippen MR) is 168 cm³/mol. The van der Waals surface area contributed by atoms with Crippen LogP contribution in [0.25, 0.3) is 5.82 Å². The number of halogens is 5. The van der Waals surface area contributed by atoms with E-state index in [-0.39, 0.29) is 29.9 Å². The number of rotatable bonds is 11. The van der Waals surface area contributed by atoms with Crippen LogP contribution in [0.4, 0.5) is 33.3 Å². The maximum Gasteiger partial charge on any atom is 0.403 e. The topological polar surface area (TPSA) is 199 Å². The lowest BCUT2D eigenvalue weighted by Crippen LogP contribution is -2.42. The first-order chi connectivity index (χ1) is 23.8. The molecule has 1 atom stereocenters. The van der Waals surface area contributed by atoms with E-state index >= 15 is 4.39 Å². The van der Waals surface area contributed by atoms with Crippen LogP contribution >= 0.6 is 0 Å². The summed E-state index contributed by atoms with van der Waals surface area (Å²) in [5, 5.41) is 13.8. The standard InChI is InChI=1S/C31H25F5N6O8S/c1-41-11-8-25(43)42(29(41)48)24-7-2-16(15-37-24)12-23(27(45)46)39-26(44)19-13-21(33)22(14-20(19)32)40-51(49,50)18-5-3-17(4-6-18)38-28(47)30(9-10-30)31(34,35)36/h2-8,11,13-15,23,40H,9-10,12H2,1H3,(H,38,47)(H,39,44)(H,45,46)/t23-/m0/s1. The summed E-state index contributed by atoms with van der Waals surface area (Å²) in [6.07, 6.45) is -3.54. The number of aliphatic carboxylic acids is 1. The van der Waals surface area contributed by atoms with Crippen molar-refractivity contribution in [3.63, 3.8) is 0 Å². The van der Waals surface area contributed by atoms with Gasteiger partial charge >= 0.3 is 17.8 Å².